The monoisotopic (exact) mass is 291 g/mol. The second-order valence-corrected chi connectivity index (χ2v) is 6.40. The Kier molecular flexibility index (Phi) is 4.71. The largest absolute Gasteiger partial charge is 0.440 e. The molecule has 1 rings (SSSR count). The van der Waals surface area contributed by atoms with Gasteiger partial charge < -0.3 is 4.42 Å². The van der Waals surface area contributed by atoms with E-state index in [2.05, 4.69) is 41.7 Å². The highest BCUT2D eigenvalue weighted by molar-refractivity contribution is 9.09. The first-order valence-electron chi connectivity index (χ1n) is 5.04. The zero-order valence-electron chi connectivity index (χ0n) is 9.71. The van der Waals surface area contributed by atoms with E-state index in [-0.39, 0.29) is 0 Å². The van der Waals surface area contributed by atoms with Gasteiger partial charge in [-0.3, -0.25) is 0 Å². The average molecular weight is 292 g/mol. The van der Waals surface area contributed by atoms with Gasteiger partial charge >= 0.3 is 0 Å². The Morgan fingerprint density at radius 1 is 1.53 bits per heavy atom. The summed E-state index contributed by atoms with van der Waals surface area (Å²) >= 11 is 5.26. The Morgan fingerprint density at radius 3 is 2.60 bits per heavy atom. The summed E-state index contributed by atoms with van der Waals surface area (Å²) in [7, 11) is 0. The minimum Gasteiger partial charge on any atom is -0.440 e. The van der Waals surface area contributed by atoms with Crippen molar-refractivity contribution in [2.75, 3.05) is 11.1 Å². The molecule has 0 aliphatic heterocycles. The standard InChI is InChI=1S/C11H18BrNOS/c1-8-6-14-10(13-8)15-7-9(5-12)11(2,3)4/h6,9H,5,7H2,1-4H3. The molecule has 2 nitrogen and oxygen atoms in total. The molecule has 0 aliphatic carbocycles. The third-order valence-electron chi connectivity index (χ3n) is 2.42. The summed E-state index contributed by atoms with van der Waals surface area (Å²) in [6, 6.07) is 0. The van der Waals surface area contributed by atoms with Crippen LogP contribution < -0.4 is 0 Å². The summed E-state index contributed by atoms with van der Waals surface area (Å²) in [4.78, 5) is 4.28. The van der Waals surface area contributed by atoms with Gasteiger partial charge in [0.25, 0.3) is 5.22 Å². The van der Waals surface area contributed by atoms with Crippen LogP contribution in [0.25, 0.3) is 0 Å². The summed E-state index contributed by atoms with van der Waals surface area (Å²) < 4.78 is 5.31. The number of oxazole rings is 1. The number of thioether (sulfide) groups is 1. The normalized spacial score (nSPS) is 14.2. The fourth-order valence-corrected chi connectivity index (χ4v) is 3.89. The van der Waals surface area contributed by atoms with E-state index in [0.717, 1.165) is 22.0 Å². The van der Waals surface area contributed by atoms with Gasteiger partial charge in [0, 0.05) is 11.1 Å². The van der Waals surface area contributed by atoms with Crippen LogP contribution in [-0.4, -0.2) is 16.1 Å². The molecule has 0 radical (unpaired) electrons. The minimum atomic E-state index is 0.318. The molecular weight excluding hydrogens is 274 g/mol. The Hall–Kier alpha value is 0.0400. The van der Waals surface area contributed by atoms with Crippen LogP contribution in [0.5, 0.6) is 0 Å². The lowest BCUT2D eigenvalue weighted by Crippen LogP contribution is -2.23. The molecule has 0 amide bonds. The van der Waals surface area contributed by atoms with Crippen LogP contribution in [0.2, 0.25) is 0 Å². The van der Waals surface area contributed by atoms with Crippen molar-refractivity contribution in [2.45, 2.75) is 32.9 Å². The molecule has 0 aliphatic rings. The van der Waals surface area contributed by atoms with E-state index in [1.54, 1.807) is 18.0 Å². The van der Waals surface area contributed by atoms with Crippen molar-refractivity contribution < 1.29 is 4.42 Å². The van der Waals surface area contributed by atoms with Crippen LogP contribution >= 0.6 is 27.7 Å². The molecule has 0 aromatic carbocycles. The number of alkyl halides is 1. The molecular formula is C11H18BrNOS. The van der Waals surface area contributed by atoms with E-state index in [1.807, 2.05) is 6.92 Å². The number of hydrogen-bond acceptors (Lipinski definition) is 3. The van der Waals surface area contributed by atoms with E-state index < -0.39 is 0 Å². The molecule has 0 fully saturated rings. The molecule has 15 heavy (non-hydrogen) atoms. The average Bonchev–Trinajstić information content (AvgIpc) is 2.50. The first kappa shape index (κ1) is 13.1. The molecule has 1 atom stereocenters. The summed E-state index contributed by atoms with van der Waals surface area (Å²) in [5.74, 6) is 1.66. The molecule has 0 N–H and O–H groups in total. The number of nitrogens with zero attached hydrogens (tertiary/aromatic N) is 1. The Bertz CT molecular complexity index is 306. The topological polar surface area (TPSA) is 26.0 Å². The van der Waals surface area contributed by atoms with Gasteiger partial charge in [0.15, 0.2) is 0 Å². The van der Waals surface area contributed by atoms with E-state index >= 15 is 0 Å². The van der Waals surface area contributed by atoms with Crippen LogP contribution in [0.3, 0.4) is 0 Å². The molecule has 0 saturated carbocycles. The maximum Gasteiger partial charge on any atom is 0.255 e. The highest BCUT2D eigenvalue weighted by atomic mass is 79.9. The molecule has 1 aromatic rings. The molecule has 0 bridgehead atoms. The first-order valence-corrected chi connectivity index (χ1v) is 7.15. The molecule has 1 heterocycles. The number of aromatic nitrogens is 1. The fourth-order valence-electron chi connectivity index (χ4n) is 1.10. The van der Waals surface area contributed by atoms with Crippen molar-refractivity contribution in [1.82, 2.24) is 4.98 Å². The van der Waals surface area contributed by atoms with Crippen LogP contribution in [-0.2, 0) is 0 Å². The number of halogens is 1. The number of hydrogen-bond donors (Lipinski definition) is 0. The van der Waals surface area contributed by atoms with Crippen molar-refractivity contribution in [3.63, 3.8) is 0 Å². The van der Waals surface area contributed by atoms with E-state index in [1.165, 1.54) is 0 Å². The third-order valence-corrected chi connectivity index (χ3v) is 4.20. The third kappa shape index (κ3) is 4.19. The van der Waals surface area contributed by atoms with Crippen molar-refractivity contribution in [1.29, 1.82) is 0 Å². The molecule has 0 spiro atoms. The molecule has 4 heteroatoms. The predicted molar refractivity (Wildman–Crippen MR) is 68.7 cm³/mol. The smallest absolute Gasteiger partial charge is 0.255 e. The molecule has 86 valence electrons. The van der Waals surface area contributed by atoms with Crippen molar-refractivity contribution >= 4 is 27.7 Å². The molecule has 1 unspecified atom stereocenters. The minimum absolute atomic E-state index is 0.318. The summed E-state index contributed by atoms with van der Waals surface area (Å²) in [6.07, 6.45) is 1.70. The lowest BCUT2D eigenvalue weighted by molar-refractivity contribution is 0.294. The molecule has 0 saturated heterocycles. The fraction of sp³-hybridized carbons (Fsp3) is 0.727. The predicted octanol–water partition coefficient (Wildman–Crippen LogP) is 4.13. The maximum atomic E-state index is 5.31. The van der Waals surface area contributed by atoms with E-state index in [0.29, 0.717) is 11.3 Å². The highest BCUT2D eigenvalue weighted by Crippen LogP contribution is 2.32. The Balaban J connectivity index is 2.48. The van der Waals surface area contributed by atoms with Crippen LogP contribution in [0, 0.1) is 18.3 Å². The first-order chi connectivity index (χ1) is 6.93. The van der Waals surface area contributed by atoms with Crippen LogP contribution in [0.15, 0.2) is 15.9 Å². The second-order valence-electron chi connectivity index (χ2n) is 4.78. The zero-order chi connectivity index (χ0) is 11.5. The number of aryl methyl sites for hydroxylation is 1. The molecule has 1 aromatic heterocycles. The number of rotatable bonds is 4. The highest BCUT2D eigenvalue weighted by Gasteiger charge is 2.24. The van der Waals surface area contributed by atoms with Crippen molar-refractivity contribution in [2.24, 2.45) is 11.3 Å². The van der Waals surface area contributed by atoms with Crippen molar-refractivity contribution in [3.05, 3.63) is 12.0 Å². The quantitative estimate of drug-likeness (QED) is 0.616. The van der Waals surface area contributed by atoms with Crippen LogP contribution in [0.4, 0.5) is 0 Å². The lowest BCUT2D eigenvalue weighted by Gasteiger charge is -2.28. The SMILES string of the molecule is Cc1coc(SCC(CBr)C(C)(C)C)n1. The lowest BCUT2D eigenvalue weighted by atomic mass is 9.83. The van der Waals surface area contributed by atoms with Gasteiger partial charge in [-0.2, -0.15) is 0 Å². The van der Waals surface area contributed by atoms with Crippen LogP contribution in [0.1, 0.15) is 26.5 Å². The maximum absolute atomic E-state index is 5.31. The Labute approximate surface area is 104 Å². The van der Waals surface area contributed by atoms with Gasteiger partial charge in [0.05, 0.1) is 5.69 Å². The zero-order valence-corrected chi connectivity index (χ0v) is 12.1. The van der Waals surface area contributed by atoms with Gasteiger partial charge in [0.2, 0.25) is 0 Å². The second kappa shape index (κ2) is 5.39. The van der Waals surface area contributed by atoms with Crippen molar-refractivity contribution in [3.8, 4) is 0 Å². The van der Waals surface area contributed by atoms with Gasteiger partial charge in [-0.25, -0.2) is 4.98 Å². The Morgan fingerprint density at radius 2 is 2.20 bits per heavy atom. The van der Waals surface area contributed by atoms with Gasteiger partial charge in [-0.1, -0.05) is 48.5 Å². The van der Waals surface area contributed by atoms with E-state index in [4.69, 9.17) is 4.42 Å². The van der Waals surface area contributed by atoms with Gasteiger partial charge in [0.1, 0.15) is 6.26 Å². The van der Waals surface area contributed by atoms with E-state index in [9.17, 15) is 0 Å². The summed E-state index contributed by atoms with van der Waals surface area (Å²) in [6.45, 7) is 8.74. The summed E-state index contributed by atoms with van der Waals surface area (Å²) in [5, 5.41) is 1.80. The van der Waals surface area contributed by atoms with Gasteiger partial charge in [-0.05, 0) is 18.3 Å². The van der Waals surface area contributed by atoms with Gasteiger partial charge in [-0.15, -0.1) is 0 Å². The summed E-state index contributed by atoms with van der Waals surface area (Å²) in [5.41, 5.74) is 1.27.